The summed E-state index contributed by atoms with van der Waals surface area (Å²) in [7, 11) is 1.58. The molecule has 3 amide bonds. The van der Waals surface area contributed by atoms with Crippen LogP contribution in [0.2, 0.25) is 0 Å². The number of hydrogen-bond donors (Lipinski definition) is 2. The maximum atomic E-state index is 13.3. The van der Waals surface area contributed by atoms with Crippen molar-refractivity contribution in [3.63, 3.8) is 0 Å². The van der Waals surface area contributed by atoms with Crippen LogP contribution in [-0.2, 0) is 16.1 Å². The van der Waals surface area contributed by atoms with Gasteiger partial charge < -0.3 is 20.3 Å². The quantitative estimate of drug-likeness (QED) is 0.702. The van der Waals surface area contributed by atoms with Crippen LogP contribution in [0.5, 0.6) is 5.75 Å². The van der Waals surface area contributed by atoms with Gasteiger partial charge in [-0.25, -0.2) is 0 Å². The normalized spacial score (nSPS) is 21.5. The van der Waals surface area contributed by atoms with Crippen LogP contribution in [0, 0.1) is 0 Å². The van der Waals surface area contributed by atoms with Crippen molar-refractivity contribution >= 4 is 29.5 Å². The number of carbonyl (C=O) groups is 3. The average Bonchev–Trinajstić information content (AvgIpc) is 3.21. The van der Waals surface area contributed by atoms with Gasteiger partial charge in [0.2, 0.25) is 11.8 Å². The molecule has 3 atom stereocenters. The fourth-order valence-electron chi connectivity index (χ4n) is 4.35. The van der Waals surface area contributed by atoms with E-state index in [2.05, 4.69) is 10.6 Å². The molecule has 0 unspecified atom stereocenters. The van der Waals surface area contributed by atoms with E-state index in [9.17, 15) is 14.4 Å². The van der Waals surface area contributed by atoms with Gasteiger partial charge in [-0.1, -0.05) is 36.4 Å². The van der Waals surface area contributed by atoms with Gasteiger partial charge in [0.15, 0.2) is 0 Å². The third-order valence-electron chi connectivity index (χ3n) is 5.94. The van der Waals surface area contributed by atoms with Crippen molar-refractivity contribution < 1.29 is 19.1 Å². The van der Waals surface area contributed by atoms with Crippen LogP contribution in [0.15, 0.2) is 48.5 Å². The Labute approximate surface area is 191 Å². The summed E-state index contributed by atoms with van der Waals surface area (Å²) in [6.07, 6.45) is 0. The summed E-state index contributed by atoms with van der Waals surface area (Å²) in [5.74, 6) is -0.0872. The molecule has 0 radical (unpaired) electrons. The van der Waals surface area contributed by atoms with E-state index < -0.39 is 16.8 Å². The lowest BCUT2D eigenvalue weighted by Gasteiger charge is -2.30. The zero-order valence-corrected chi connectivity index (χ0v) is 19.4. The summed E-state index contributed by atoms with van der Waals surface area (Å²) in [5.41, 5.74) is 2.42. The number of benzene rings is 2. The van der Waals surface area contributed by atoms with Crippen molar-refractivity contribution in [1.82, 2.24) is 15.5 Å². The van der Waals surface area contributed by atoms with E-state index in [4.69, 9.17) is 4.74 Å². The second kappa shape index (κ2) is 8.50. The first-order valence-corrected chi connectivity index (χ1v) is 11.4. The highest BCUT2D eigenvalue weighted by atomic mass is 32.2. The number of amides is 3. The van der Waals surface area contributed by atoms with E-state index in [0.717, 1.165) is 11.1 Å². The first kappa shape index (κ1) is 22.2. The number of nitrogens with zero attached hydrogens (tertiary/aromatic N) is 1. The van der Waals surface area contributed by atoms with Gasteiger partial charge in [-0.3, -0.25) is 14.4 Å². The van der Waals surface area contributed by atoms with Crippen LogP contribution in [0.4, 0.5) is 0 Å². The molecule has 7 nitrogen and oxygen atoms in total. The van der Waals surface area contributed by atoms with E-state index in [-0.39, 0.29) is 29.6 Å². The van der Waals surface area contributed by atoms with Crippen molar-refractivity contribution in [2.75, 3.05) is 7.11 Å². The van der Waals surface area contributed by atoms with Gasteiger partial charge in [0.1, 0.15) is 23.2 Å². The molecule has 32 heavy (non-hydrogen) atoms. The Morgan fingerprint density at radius 3 is 2.59 bits per heavy atom. The molecule has 168 valence electrons. The molecule has 1 saturated heterocycles. The van der Waals surface area contributed by atoms with Gasteiger partial charge in [-0.15, -0.1) is 11.8 Å². The minimum Gasteiger partial charge on any atom is -0.496 e. The van der Waals surface area contributed by atoms with Crippen LogP contribution in [-0.4, -0.2) is 46.6 Å². The maximum Gasteiger partial charge on any atom is 0.256 e. The Hall–Kier alpha value is -3.00. The lowest BCUT2D eigenvalue weighted by molar-refractivity contribution is -0.131. The van der Waals surface area contributed by atoms with E-state index in [1.807, 2.05) is 56.3 Å². The molecule has 8 heteroatoms. The third-order valence-corrected chi connectivity index (χ3v) is 7.48. The van der Waals surface area contributed by atoms with E-state index in [0.29, 0.717) is 11.3 Å². The number of rotatable bonds is 6. The SMILES string of the molecule is COc1ccccc1CNC(=O)[C@H](C)NC(=O)[C@H]1N2C(=O)c3ccccc3[C@@H]2SC1(C)C. The number of methoxy groups -OCH3 is 1. The van der Waals surface area contributed by atoms with Crippen LogP contribution in [0.25, 0.3) is 0 Å². The molecule has 2 N–H and O–H groups in total. The Morgan fingerprint density at radius 1 is 1.16 bits per heavy atom. The number of ether oxygens (including phenoxy) is 1. The highest BCUT2D eigenvalue weighted by molar-refractivity contribution is 8.01. The van der Waals surface area contributed by atoms with Crippen molar-refractivity contribution in [3.05, 3.63) is 65.2 Å². The molecule has 2 heterocycles. The summed E-state index contributed by atoms with van der Waals surface area (Å²) in [4.78, 5) is 40.6. The molecule has 2 aromatic carbocycles. The first-order valence-electron chi connectivity index (χ1n) is 10.5. The number of carbonyl (C=O) groups excluding carboxylic acids is 3. The smallest absolute Gasteiger partial charge is 0.256 e. The molecular formula is C24H27N3O4S. The molecule has 2 aliphatic heterocycles. The van der Waals surface area contributed by atoms with Gasteiger partial charge in [0.25, 0.3) is 5.91 Å². The van der Waals surface area contributed by atoms with E-state index >= 15 is 0 Å². The number of thioether (sulfide) groups is 1. The van der Waals surface area contributed by atoms with Crippen LogP contribution in [0.3, 0.4) is 0 Å². The molecule has 2 aromatic rings. The van der Waals surface area contributed by atoms with Crippen LogP contribution in [0.1, 0.15) is 47.6 Å². The molecular weight excluding hydrogens is 426 g/mol. The van der Waals surface area contributed by atoms with Crippen molar-refractivity contribution in [2.45, 2.75) is 49.5 Å². The number of hydrogen-bond acceptors (Lipinski definition) is 5. The number of para-hydroxylation sites is 1. The summed E-state index contributed by atoms with van der Waals surface area (Å²) < 4.78 is 4.81. The Kier molecular flexibility index (Phi) is 5.90. The third kappa shape index (κ3) is 3.83. The number of fused-ring (bicyclic) bond motifs is 3. The minimum atomic E-state index is -0.753. The van der Waals surface area contributed by atoms with Gasteiger partial charge >= 0.3 is 0 Å². The summed E-state index contributed by atoms with van der Waals surface area (Å²) in [5, 5.41) is 5.46. The van der Waals surface area contributed by atoms with Crippen molar-refractivity contribution in [2.24, 2.45) is 0 Å². The minimum absolute atomic E-state index is 0.142. The molecule has 1 fully saturated rings. The molecule has 0 bridgehead atoms. The zero-order chi connectivity index (χ0) is 23.0. The predicted molar refractivity (Wildman–Crippen MR) is 123 cm³/mol. The Morgan fingerprint density at radius 2 is 1.84 bits per heavy atom. The van der Waals surface area contributed by atoms with Gasteiger partial charge in [0.05, 0.1) is 7.11 Å². The van der Waals surface area contributed by atoms with Gasteiger partial charge in [0, 0.05) is 22.4 Å². The number of nitrogens with one attached hydrogen (secondary N) is 2. The lowest BCUT2D eigenvalue weighted by atomic mass is 10.0. The Balaban J connectivity index is 1.44. The molecule has 2 aliphatic rings. The van der Waals surface area contributed by atoms with Gasteiger partial charge in [-0.2, -0.15) is 0 Å². The van der Waals surface area contributed by atoms with E-state index in [1.165, 1.54) is 0 Å². The highest BCUT2D eigenvalue weighted by Crippen LogP contribution is 2.56. The Bertz CT molecular complexity index is 1070. The monoisotopic (exact) mass is 453 g/mol. The average molecular weight is 454 g/mol. The highest BCUT2D eigenvalue weighted by Gasteiger charge is 2.57. The first-order chi connectivity index (χ1) is 15.2. The standard InChI is InChI=1S/C24H27N3O4S/c1-14(20(28)25-13-15-9-5-8-12-18(15)31-4)26-21(29)19-24(2,3)32-23-17-11-7-6-10-16(17)22(30)27(19)23/h5-12,14,19,23H,13H2,1-4H3,(H,25,28)(H,26,29)/t14-,19+,23-/m0/s1. The largest absolute Gasteiger partial charge is 0.496 e. The lowest BCUT2D eigenvalue weighted by Crippen LogP contribution is -2.56. The molecule has 0 saturated carbocycles. The molecule has 0 aromatic heterocycles. The van der Waals surface area contributed by atoms with E-state index in [1.54, 1.807) is 36.8 Å². The summed E-state index contributed by atoms with van der Waals surface area (Å²) >= 11 is 1.60. The molecule has 0 aliphatic carbocycles. The predicted octanol–water partition coefficient (Wildman–Crippen LogP) is 2.86. The summed E-state index contributed by atoms with van der Waals surface area (Å²) in [6.45, 7) is 5.85. The van der Waals surface area contributed by atoms with Crippen LogP contribution < -0.4 is 15.4 Å². The van der Waals surface area contributed by atoms with Crippen molar-refractivity contribution in [1.29, 1.82) is 0 Å². The summed E-state index contributed by atoms with van der Waals surface area (Å²) in [6, 6.07) is 13.5. The van der Waals surface area contributed by atoms with Crippen LogP contribution >= 0.6 is 11.8 Å². The fraction of sp³-hybridized carbons (Fsp3) is 0.375. The molecule has 0 spiro atoms. The second-order valence-corrected chi connectivity index (χ2v) is 10.3. The zero-order valence-electron chi connectivity index (χ0n) is 18.5. The second-order valence-electron chi connectivity index (χ2n) is 8.54. The van der Waals surface area contributed by atoms with Gasteiger partial charge in [-0.05, 0) is 38.5 Å². The fourth-order valence-corrected chi connectivity index (χ4v) is 5.94. The topological polar surface area (TPSA) is 87.7 Å². The molecule has 4 rings (SSSR count). The van der Waals surface area contributed by atoms with Crippen molar-refractivity contribution in [3.8, 4) is 5.75 Å². The maximum absolute atomic E-state index is 13.3.